The van der Waals surface area contributed by atoms with Gasteiger partial charge < -0.3 is 4.74 Å². The van der Waals surface area contributed by atoms with Crippen molar-refractivity contribution < 1.29 is 14.3 Å². The van der Waals surface area contributed by atoms with E-state index in [9.17, 15) is 9.59 Å². The Kier molecular flexibility index (Phi) is 5.13. The van der Waals surface area contributed by atoms with E-state index in [0.29, 0.717) is 35.9 Å². The summed E-state index contributed by atoms with van der Waals surface area (Å²) in [5, 5.41) is 4.76. The number of thioether (sulfide) groups is 1. The van der Waals surface area contributed by atoms with Crippen molar-refractivity contribution in [3.8, 4) is 0 Å². The van der Waals surface area contributed by atoms with Crippen LogP contribution < -0.4 is 0 Å². The number of ether oxygens (including phenoxy) is 1. The minimum atomic E-state index is -0.310. The lowest BCUT2D eigenvalue weighted by atomic mass is 9.82. The molecule has 0 spiro atoms. The van der Waals surface area contributed by atoms with Gasteiger partial charge in [-0.15, -0.1) is 5.10 Å². The topological polar surface area (TPSA) is 86.4 Å². The summed E-state index contributed by atoms with van der Waals surface area (Å²) in [6.45, 7) is 4.16. The molecule has 0 bridgehead atoms. The predicted molar refractivity (Wildman–Crippen MR) is 105 cm³/mol. The number of carbonyl (C=O) groups is 2. The maximum absolute atomic E-state index is 12.7. The lowest BCUT2D eigenvalue weighted by Crippen LogP contribution is -2.21. The maximum atomic E-state index is 12.7. The van der Waals surface area contributed by atoms with Gasteiger partial charge in [-0.1, -0.05) is 41.6 Å². The summed E-state index contributed by atoms with van der Waals surface area (Å²) in [5.74, 6) is 0.449. The smallest absolute Gasteiger partial charge is 0.316 e. The molecule has 0 saturated carbocycles. The number of esters is 1. The quantitative estimate of drug-likeness (QED) is 0.484. The highest BCUT2D eigenvalue weighted by Gasteiger charge is 2.28. The largest absolute Gasteiger partial charge is 0.465 e. The van der Waals surface area contributed by atoms with Crippen LogP contribution >= 0.6 is 11.8 Å². The third kappa shape index (κ3) is 3.77. The van der Waals surface area contributed by atoms with Crippen LogP contribution in [0.3, 0.4) is 0 Å². The van der Waals surface area contributed by atoms with E-state index in [1.165, 1.54) is 21.8 Å². The number of benzene rings is 1. The SMILES string of the molecule is CCOC(=O)CSc1nc2nc3c(cn2n1)C(=O)CC(c1ccc(C)cc1)C3. The minimum Gasteiger partial charge on any atom is -0.465 e. The highest BCUT2D eigenvalue weighted by Crippen LogP contribution is 2.32. The summed E-state index contributed by atoms with van der Waals surface area (Å²) in [6, 6.07) is 8.30. The molecule has 2 heterocycles. The Hall–Kier alpha value is -2.74. The molecular weight excluding hydrogens is 376 g/mol. The Balaban J connectivity index is 1.58. The molecule has 1 aliphatic rings. The van der Waals surface area contributed by atoms with E-state index in [0.717, 1.165) is 11.3 Å². The highest BCUT2D eigenvalue weighted by atomic mass is 32.2. The first-order chi connectivity index (χ1) is 13.5. The molecule has 7 nitrogen and oxygen atoms in total. The van der Waals surface area contributed by atoms with Gasteiger partial charge in [-0.25, -0.2) is 9.50 Å². The van der Waals surface area contributed by atoms with Crippen molar-refractivity contribution in [2.24, 2.45) is 0 Å². The van der Waals surface area contributed by atoms with Crippen LogP contribution in [-0.2, 0) is 16.0 Å². The van der Waals surface area contributed by atoms with Gasteiger partial charge in [-0.05, 0) is 31.7 Å². The fourth-order valence-electron chi connectivity index (χ4n) is 3.33. The predicted octanol–water partition coefficient (Wildman–Crippen LogP) is 3.00. The number of hydrogen-bond acceptors (Lipinski definition) is 7. The van der Waals surface area contributed by atoms with Crippen molar-refractivity contribution in [1.82, 2.24) is 19.6 Å². The van der Waals surface area contributed by atoms with Crippen LogP contribution in [0.4, 0.5) is 0 Å². The Labute approximate surface area is 166 Å². The average Bonchev–Trinajstić information content (AvgIpc) is 3.07. The molecule has 8 heteroatoms. The molecule has 3 aromatic rings. The van der Waals surface area contributed by atoms with Crippen molar-refractivity contribution in [3.05, 3.63) is 52.8 Å². The molecule has 0 fully saturated rings. The lowest BCUT2D eigenvalue weighted by Gasteiger charge is -2.23. The number of Topliss-reactive ketones (excluding diaryl/α,β-unsaturated/α-hetero) is 1. The van der Waals surface area contributed by atoms with Crippen LogP contribution in [0.2, 0.25) is 0 Å². The Morgan fingerprint density at radius 1 is 1.25 bits per heavy atom. The van der Waals surface area contributed by atoms with Crippen molar-refractivity contribution in [2.45, 2.75) is 37.8 Å². The second kappa shape index (κ2) is 7.71. The van der Waals surface area contributed by atoms with E-state index in [2.05, 4.69) is 39.3 Å². The van der Waals surface area contributed by atoms with Crippen molar-refractivity contribution in [1.29, 1.82) is 0 Å². The third-order valence-electron chi connectivity index (χ3n) is 4.74. The Morgan fingerprint density at radius 2 is 2.04 bits per heavy atom. The molecule has 4 rings (SSSR count). The monoisotopic (exact) mass is 396 g/mol. The number of carbonyl (C=O) groups excluding carboxylic acids is 2. The van der Waals surface area contributed by atoms with Crippen molar-refractivity contribution in [3.63, 3.8) is 0 Å². The number of rotatable bonds is 5. The van der Waals surface area contributed by atoms with Gasteiger partial charge in [0, 0.05) is 12.6 Å². The van der Waals surface area contributed by atoms with Crippen LogP contribution in [0.15, 0.2) is 35.6 Å². The lowest BCUT2D eigenvalue weighted by molar-refractivity contribution is -0.139. The van der Waals surface area contributed by atoms with Gasteiger partial charge in [-0.3, -0.25) is 9.59 Å². The highest BCUT2D eigenvalue weighted by molar-refractivity contribution is 7.99. The zero-order chi connectivity index (χ0) is 19.7. The van der Waals surface area contributed by atoms with Crippen LogP contribution in [0.25, 0.3) is 5.78 Å². The zero-order valence-electron chi connectivity index (χ0n) is 15.7. The summed E-state index contributed by atoms with van der Waals surface area (Å²) >= 11 is 1.19. The van der Waals surface area contributed by atoms with Crippen LogP contribution in [-0.4, -0.2) is 43.7 Å². The molecule has 0 aliphatic heterocycles. The van der Waals surface area contributed by atoms with E-state index < -0.39 is 0 Å². The number of fused-ring (bicyclic) bond motifs is 2. The second-order valence-electron chi connectivity index (χ2n) is 6.77. The summed E-state index contributed by atoms with van der Waals surface area (Å²) in [6.07, 6.45) is 2.86. The number of aromatic nitrogens is 4. The van der Waals surface area contributed by atoms with Crippen LogP contribution in [0.1, 0.15) is 46.4 Å². The number of aryl methyl sites for hydroxylation is 1. The Morgan fingerprint density at radius 3 is 2.79 bits per heavy atom. The molecule has 1 unspecified atom stereocenters. The van der Waals surface area contributed by atoms with Crippen LogP contribution in [0, 0.1) is 6.92 Å². The molecule has 1 aromatic carbocycles. The third-order valence-corrected chi connectivity index (χ3v) is 5.55. The molecule has 0 N–H and O–H groups in total. The molecule has 2 aromatic heterocycles. The zero-order valence-corrected chi connectivity index (χ0v) is 16.5. The standard InChI is InChI=1S/C20H20N4O3S/c1-3-27-18(26)11-28-20-22-19-21-16-8-14(13-6-4-12(2)5-7-13)9-17(25)15(16)10-24(19)23-20/h4-7,10,14H,3,8-9,11H2,1-2H3. The first-order valence-corrected chi connectivity index (χ1v) is 10.2. The van der Waals surface area contributed by atoms with E-state index in [1.54, 1.807) is 13.1 Å². The fraction of sp³-hybridized carbons (Fsp3) is 0.350. The molecule has 28 heavy (non-hydrogen) atoms. The van der Waals surface area contributed by atoms with E-state index in [-0.39, 0.29) is 23.4 Å². The van der Waals surface area contributed by atoms with Crippen molar-refractivity contribution in [2.75, 3.05) is 12.4 Å². The van der Waals surface area contributed by atoms with Gasteiger partial charge >= 0.3 is 5.97 Å². The van der Waals surface area contributed by atoms with E-state index >= 15 is 0 Å². The molecule has 0 amide bonds. The summed E-state index contributed by atoms with van der Waals surface area (Å²) in [7, 11) is 0. The van der Waals surface area contributed by atoms with E-state index in [4.69, 9.17) is 4.74 Å². The first kappa shape index (κ1) is 18.6. The maximum Gasteiger partial charge on any atom is 0.316 e. The Bertz CT molecular complexity index is 1050. The molecule has 1 atom stereocenters. The fourth-order valence-corrected chi connectivity index (χ4v) is 3.95. The average molecular weight is 396 g/mol. The molecule has 0 saturated heterocycles. The summed E-state index contributed by atoms with van der Waals surface area (Å²) < 4.78 is 6.42. The molecule has 1 aliphatic carbocycles. The van der Waals surface area contributed by atoms with Gasteiger partial charge in [0.1, 0.15) is 0 Å². The van der Waals surface area contributed by atoms with Gasteiger partial charge in [-0.2, -0.15) is 4.98 Å². The van der Waals surface area contributed by atoms with Gasteiger partial charge in [0.25, 0.3) is 5.78 Å². The number of nitrogens with zero attached hydrogens (tertiary/aromatic N) is 4. The normalized spacial score (nSPS) is 16.2. The molecule has 144 valence electrons. The first-order valence-electron chi connectivity index (χ1n) is 9.18. The minimum absolute atomic E-state index is 0.0671. The van der Waals surface area contributed by atoms with Gasteiger partial charge in [0.15, 0.2) is 5.78 Å². The summed E-state index contributed by atoms with van der Waals surface area (Å²) in [5.41, 5.74) is 3.70. The van der Waals surface area contributed by atoms with Crippen LogP contribution in [0.5, 0.6) is 0 Å². The van der Waals surface area contributed by atoms with Gasteiger partial charge in [0.05, 0.1) is 23.6 Å². The molecule has 0 radical (unpaired) electrons. The second-order valence-corrected chi connectivity index (χ2v) is 7.72. The summed E-state index contributed by atoms with van der Waals surface area (Å²) in [4.78, 5) is 33.2. The van der Waals surface area contributed by atoms with E-state index in [1.807, 2.05) is 6.92 Å². The van der Waals surface area contributed by atoms with Gasteiger partial charge in [0.2, 0.25) is 5.16 Å². The molecular formula is C20H20N4O3S. The van der Waals surface area contributed by atoms with Crippen molar-refractivity contribution >= 4 is 29.3 Å². The number of ketones is 1. The number of hydrogen-bond donors (Lipinski definition) is 0.